The van der Waals surface area contributed by atoms with Crippen LogP contribution < -0.4 is 11.1 Å². The zero-order chi connectivity index (χ0) is 14.0. The molecule has 0 aliphatic rings. The molecule has 1 aromatic heterocycles. The number of hydrogen-bond acceptors (Lipinski definition) is 3. The molecule has 0 aromatic carbocycles. The Labute approximate surface area is 109 Å². The molecule has 5 heteroatoms. The van der Waals surface area contributed by atoms with E-state index in [2.05, 4.69) is 29.0 Å². The fourth-order valence-electron chi connectivity index (χ4n) is 1.44. The second-order valence-electron chi connectivity index (χ2n) is 3.46. The fourth-order valence-corrected chi connectivity index (χ4v) is 1.44. The molecule has 2 amide bonds. The van der Waals surface area contributed by atoms with Crippen molar-refractivity contribution in [3.8, 4) is 0 Å². The van der Waals surface area contributed by atoms with Crippen molar-refractivity contribution in [2.45, 2.75) is 34.2 Å². The zero-order valence-electron chi connectivity index (χ0n) is 11.7. The molecule has 102 valence electrons. The highest BCUT2D eigenvalue weighted by Crippen LogP contribution is 2.07. The predicted octanol–water partition coefficient (Wildman–Crippen LogP) is 2.44. The third-order valence-electron chi connectivity index (χ3n) is 2.34. The van der Waals surface area contributed by atoms with Crippen LogP contribution in [0.15, 0.2) is 18.2 Å². The number of rotatable bonds is 5. The molecule has 5 nitrogen and oxygen atoms in total. The molecule has 3 N–H and O–H groups in total. The van der Waals surface area contributed by atoms with Gasteiger partial charge < -0.3 is 5.73 Å². The van der Waals surface area contributed by atoms with E-state index in [1.165, 1.54) is 0 Å². The first-order valence-corrected chi connectivity index (χ1v) is 6.40. The second kappa shape index (κ2) is 9.41. The SMILES string of the molecule is CC.CCN(CC)Cc1cccc(NC(N)=O)n1. The van der Waals surface area contributed by atoms with Gasteiger partial charge in [0.1, 0.15) is 5.82 Å². The average molecular weight is 252 g/mol. The Morgan fingerprint density at radius 3 is 2.44 bits per heavy atom. The number of primary amides is 1. The summed E-state index contributed by atoms with van der Waals surface area (Å²) in [7, 11) is 0. The number of carbonyl (C=O) groups is 1. The topological polar surface area (TPSA) is 71.2 Å². The molecule has 18 heavy (non-hydrogen) atoms. The van der Waals surface area contributed by atoms with Crippen LogP contribution >= 0.6 is 0 Å². The Kier molecular flexibility index (Phi) is 8.57. The molecule has 0 aliphatic carbocycles. The van der Waals surface area contributed by atoms with Crippen LogP contribution in [0.3, 0.4) is 0 Å². The van der Waals surface area contributed by atoms with Crippen LogP contribution in [-0.4, -0.2) is 29.0 Å². The van der Waals surface area contributed by atoms with Crippen LogP contribution in [-0.2, 0) is 6.54 Å². The van der Waals surface area contributed by atoms with Crippen LogP contribution in [0.25, 0.3) is 0 Å². The number of nitrogens with one attached hydrogen (secondary N) is 1. The minimum atomic E-state index is -0.590. The summed E-state index contributed by atoms with van der Waals surface area (Å²) in [6.07, 6.45) is 0. The Morgan fingerprint density at radius 1 is 1.33 bits per heavy atom. The molecular formula is C13H24N4O. The Hall–Kier alpha value is -1.62. The van der Waals surface area contributed by atoms with Crippen molar-refractivity contribution in [2.24, 2.45) is 5.73 Å². The van der Waals surface area contributed by atoms with Crippen molar-refractivity contribution >= 4 is 11.8 Å². The fraction of sp³-hybridized carbons (Fsp3) is 0.538. The van der Waals surface area contributed by atoms with E-state index in [0.29, 0.717) is 5.82 Å². The summed E-state index contributed by atoms with van der Waals surface area (Å²) in [4.78, 5) is 17.2. The molecule has 0 unspecified atom stereocenters. The maximum atomic E-state index is 10.7. The van der Waals surface area contributed by atoms with Gasteiger partial charge in [-0.25, -0.2) is 9.78 Å². The maximum Gasteiger partial charge on any atom is 0.317 e. The lowest BCUT2D eigenvalue weighted by Gasteiger charge is -2.17. The zero-order valence-corrected chi connectivity index (χ0v) is 11.7. The van der Waals surface area contributed by atoms with Gasteiger partial charge in [0, 0.05) is 6.54 Å². The van der Waals surface area contributed by atoms with E-state index in [1.54, 1.807) is 6.07 Å². The summed E-state index contributed by atoms with van der Waals surface area (Å²) in [5.74, 6) is 0.497. The molecule has 1 aromatic rings. The highest BCUT2D eigenvalue weighted by molar-refractivity contribution is 5.86. The Balaban J connectivity index is 0.00000137. The number of hydrogen-bond donors (Lipinski definition) is 2. The van der Waals surface area contributed by atoms with E-state index in [-0.39, 0.29) is 0 Å². The van der Waals surface area contributed by atoms with E-state index in [1.807, 2.05) is 26.0 Å². The van der Waals surface area contributed by atoms with Crippen LogP contribution in [0.2, 0.25) is 0 Å². The summed E-state index contributed by atoms with van der Waals surface area (Å²) < 4.78 is 0. The van der Waals surface area contributed by atoms with Gasteiger partial charge in [0.15, 0.2) is 0 Å². The molecule has 0 radical (unpaired) electrons. The Bertz CT molecular complexity index is 351. The Morgan fingerprint density at radius 2 is 1.94 bits per heavy atom. The van der Waals surface area contributed by atoms with Gasteiger partial charge in [0.2, 0.25) is 0 Å². The second-order valence-corrected chi connectivity index (χ2v) is 3.46. The maximum absolute atomic E-state index is 10.7. The van der Waals surface area contributed by atoms with Crippen LogP contribution in [0, 0.1) is 0 Å². The lowest BCUT2D eigenvalue weighted by molar-refractivity contribution is 0.259. The van der Waals surface area contributed by atoms with Crippen molar-refractivity contribution in [1.82, 2.24) is 9.88 Å². The van der Waals surface area contributed by atoms with Crippen LogP contribution in [0.1, 0.15) is 33.4 Å². The first-order chi connectivity index (χ1) is 8.65. The molecule has 0 spiro atoms. The number of pyridine rings is 1. The van der Waals surface area contributed by atoms with Crippen molar-refractivity contribution in [1.29, 1.82) is 0 Å². The van der Waals surface area contributed by atoms with Crippen molar-refractivity contribution in [2.75, 3.05) is 18.4 Å². The standard InChI is InChI=1S/C11H18N4O.C2H6/c1-3-15(4-2)8-9-6-5-7-10(13-9)14-11(12)16;1-2/h5-7H,3-4,8H2,1-2H3,(H3,12,13,14,16);1-2H3. The van der Waals surface area contributed by atoms with Gasteiger partial charge in [-0.1, -0.05) is 33.8 Å². The molecule has 0 atom stereocenters. The first kappa shape index (κ1) is 16.4. The number of aromatic nitrogens is 1. The number of amides is 2. The number of urea groups is 1. The number of nitrogens with zero attached hydrogens (tertiary/aromatic N) is 2. The molecule has 1 rings (SSSR count). The molecule has 0 bridgehead atoms. The van der Waals surface area contributed by atoms with Gasteiger partial charge in [0.05, 0.1) is 5.69 Å². The third-order valence-corrected chi connectivity index (χ3v) is 2.34. The lowest BCUT2D eigenvalue weighted by Crippen LogP contribution is -2.23. The molecule has 1 heterocycles. The highest BCUT2D eigenvalue weighted by atomic mass is 16.2. The van der Waals surface area contributed by atoms with Crippen LogP contribution in [0.5, 0.6) is 0 Å². The van der Waals surface area contributed by atoms with E-state index in [0.717, 1.165) is 25.3 Å². The van der Waals surface area contributed by atoms with Gasteiger partial charge in [-0.15, -0.1) is 0 Å². The van der Waals surface area contributed by atoms with Gasteiger partial charge in [0.25, 0.3) is 0 Å². The average Bonchev–Trinajstić information content (AvgIpc) is 2.38. The van der Waals surface area contributed by atoms with Crippen molar-refractivity contribution in [3.63, 3.8) is 0 Å². The summed E-state index contributed by atoms with van der Waals surface area (Å²) in [5, 5.41) is 2.46. The van der Waals surface area contributed by atoms with E-state index >= 15 is 0 Å². The minimum absolute atomic E-state index is 0.497. The first-order valence-electron chi connectivity index (χ1n) is 6.40. The van der Waals surface area contributed by atoms with Crippen molar-refractivity contribution in [3.05, 3.63) is 23.9 Å². The normalized spacial score (nSPS) is 9.61. The highest BCUT2D eigenvalue weighted by Gasteiger charge is 2.03. The quantitative estimate of drug-likeness (QED) is 0.845. The molecule has 0 fully saturated rings. The van der Waals surface area contributed by atoms with Gasteiger partial charge in [-0.2, -0.15) is 0 Å². The number of nitrogens with two attached hydrogens (primary N) is 1. The summed E-state index contributed by atoms with van der Waals surface area (Å²) in [6, 6.07) is 4.92. The smallest absolute Gasteiger partial charge is 0.317 e. The largest absolute Gasteiger partial charge is 0.351 e. The number of carbonyl (C=O) groups excluding carboxylic acids is 1. The molecule has 0 saturated heterocycles. The third kappa shape index (κ3) is 6.20. The van der Waals surface area contributed by atoms with E-state index < -0.39 is 6.03 Å². The molecule has 0 aliphatic heterocycles. The lowest BCUT2D eigenvalue weighted by atomic mass is 10.3. The van der Waals surface area contributed by atoms with Gasteiger partial charge >= 0.3 is 6.03 Å². The summed E-state index contributed by atoms with van der Waals surface area (Å²) >= 11 is 0. The van der Waals surface area contributed by atoms with Crippen LogP contribution in [0.4, 0.5) is 10.6 Å². The predicted molar refractivity (Wildman–Crippen MR) is 75.4 cm³/mol. The molecule has 0 saturated carbocycles. The number of anilines is 1. The summed E-state index contributed by atoms with van der Waals surface area (Å²) in [6.45, 7) is 10.9. The van der Waals surface area contributed by atoms with Gasteiger partial charge in [-0.3, -0.25) is 10.2 Å². The van der Waals surface area contributed by atoms with E-state index in [9.17, 15) is 4.79 Å². The summed E-state index contributed by atoms with van der Waals surface area (Å²) in [5.41, 5.74) is 5.95. The van der Waals surface area contributed by atoms with E-state index in [4.69, 9.17) is 5.73 Å². The minimum Gasteiger partial charge on any atom is -0.351 e. The van der Waals surface area contributed by atoms with Gasteiger partial charge in [-0.05, 0) is 25.2 Å². The van der Waals surface area contributed by atoms with Crippen molar-refractivity contribution < 1.29 is 4.79 Å². The molecular weight excluding hydrogens is 228 g/mol. The monoisotopic (exact) mass is 252 g/mol.